The highest BCUT2D eigenvalue weighted by Crippen LogP contribution is 2.26. The average Bonchev–Trinajstić information content (AvgIpc) is 2.67. The van der Waals surface area contributed by atoms with Gasteiger partial charge in [0.05, 0.1) is 66.1 Å². The van der Waals surface area contributed by atoms with E-state index in [9.17, 15) is 0 Å². The number of hydrogen-bond acceptors (Lipinski definition) is 6. The molecule has 1 aromatic rings. The molecule has 0 spiro atoms. The first kappa shape index (κ1) is 23.1. The summed E-state index contributed by atoms with van der Waals surface area (Å²) in [5.41, 5.74) is 2.66. The van der Waals surface area contributed by atoms with Crippen molar-refractivity contribution < 1.29 is 23.7 Å². The Kier molecular flexibility index (Phi) is 10.8. The summed E-state index contributed by atoms with van der Waals surface area (Å²) >= 11 is 0. The van der Waals surface area contributed by atoms with E-state index in [1.165, 1.54) is 11.3 Å². The lowest BCUT2D eigenvalue weighted by molar-refractivity contribution is -0.0116. The van der Waals surface area contributed by atoms with Gasteiger partial charge in [0.25, 0.3) is 0 Å². The molecule has 1 aliphatic rings. The van der Waals surface area contributed by atoms with Crippen molar-refractivity contribution in [3.05, 3.63) is 29.8 Å². The number of ether oxygens (including phenoxy) is 5. The van der Waals surface area contributed by atoms with Gasteiger partial charge in [-0.3, -0.25) is 0 Å². The van der Waals surface area contributed by atoms with Crippen molar-refractivity contribution in [2.45, 2.75) is 26.2 Å². The van der Waals surface area contributed by atoms with E-state index in [4.69, 9.17) is 23.7 Å². The van der Waals surface area contributed by atoms with Crippen LogP contribution in [0.15, 0.2) is 24.3 Å². The monoisotopic (exact) mass is 395 g/mol. The van der Waals surface area contributed by atoms with Crippen molar-refractivity contribution in [1.29, 1.82) is 0 Å². The molecule has 6 heteroatoms. The molecular formula is C22H37NO5. The van der Waals surface area contributed by atoms with Crippen LogP contribution in [0.3, 0.4) is 0 Å². The Morgan fingerprint density at radius 2 is 1.07 bits per heavy atom. The van der Waals surface area contributed by atoms with E-state index in [0.717, 1.165) is 13.1 Å². The first-order chi connectivity index (χ1) is 13.6. The maximum Gasteiger partial charge on any atom is 0.0701 e. The summed E-state index contributed by atoms with van der Waals surface area (Å²) in [4.78, 5) is 2.33. The van der Waals surface area contributed by atoms with Crippen LogP contribution in [0.1, 0.15) is 26.3 Å². The molecule has 0 amide bonds. The lowest BCUT2D eigenvalue weighted by atomic mass is 9.87. The highest BCUT2D eigenvalue weighted by atomic mass is 16.6. The zero-order valence-electron chi connectivity index (χ0n) is 17.8. The predicted molar refractivity (Wildman–Crippen MR) is 111 cm³/mol. The minimum atomic E-state index is 0.123. The molecule has 0 aromatic heterocycles. The molecule has 0 unspecified atom stereocenters. The van der Waals surface area contributed by atoms with E-state index in [0.29, 0.717) is 66.1 Å². The second-order valence-corrected chi connectivity index (χ2v) is 7.85. The number of anilines is 1. The Hall–Kier alpha value is -1.18. The normalized spacial score (nSPS) is 20.3. The van der Waals surface area contributed by atoms with E-state index in [2.05, 4.69) is 49.9 Å². The van der Waals surface area contributed by atoms with Gasteiger partial charge in [0.1, 0.15) is 0 Å². The third kappa shape index (κ3) is 9.34. The molecule has 160 valence electrons. The molecular weight excluding hydrogens is 358 g/mol. The van der Waals surface area contributed by atoms with Crippen molar-refractivity contribution >= 4 is 5.69 Å². The van der Waals surface area contributed by atoms with E-state index < -0.39 is 0 Å². The molecule has 0 bridgehead atoms. The highest BCUT2D eigenvalue weighted by Gasteiger charge is 2.15. The Labute approximate surface area is 170 Å². The zero-order valence-corrected chi connectivity index (χ0v) is 17.8. The Bertz CT molecular complexity index is 514. The van der Waals surface area contributed by atoms with Gasteiger partial charge in [0.2, 0.25) is 0 Å². The van der Waals surface area contributed by atoms with Gasteiger partial charge >= 0.3 is 0 Å². The van der Waals surface area contributed by atoms with Crippen LogP contribution in [-0.2, 0) is 29.1 Å². The quantitative estimate of drug-likeness (QED) is 0.729. The van der Waals surface area contributed by atoms with Crippen LogP contribution in [0.4, 0.5) is 5.69 Å². The molecule has 0 radical (unpaired) electrons. The van der Waals surface area contributed by atoms with E-state index in [-0.39, 0.29) is 5.41 Å². The minimum absolute atomic E-state index is 0.123. The van der Waals surface area contributed by atoms with Crippen LogP contribution in [0, 0.1) is 0 Å². The maximum atomic E-state index is 5.76. The topological polar surface area (TPSA) is 49.4 Å². The Morgan fingerprint density at radius 3 is 1.50 bits per heavy atom. The molecule has 1 fully saturated rings. The summed E-state index contributed by atoms with van der Waals surface area (Å²) in [6, 6.07) is 8.76. The van der Waals surface area contributed by atoms with Gasteiger partial charge in [0, 0.05) is 18.8 Å². The molecule has 0 saturated carbocycles. The third-order valence-corrected chi connectivity index (χ3v) is 4.58. The second-order valence-electron chi connectivity index (χ2n) is 7.85. The molecule has 0 atom stereocenters. The van der Waals surface area contributed by atoms with Crippen LogP contribution in [0.25, 0.3) is 0 Å². The Morgan fingerprint density at radius 1 is 0.643 bits per heavy atom. The highest BCUT2D eigenvalue weighted by molar-refractivity contribution is 5.50. The second kappa shape index (κ2) is 13.1. The van der Waals surface area contributed by atoms with Gasteiger partial charge in [-0.05, 0) is 23.1 Å². The predicted octanol–water partition coefficient (Wildman–Crippen LogP) is 2.89. The number of benzene rings is 1. The largest absolute Gasteiger partial charge is 0.377 e. The fraction of sp³-hybridized carbons (Fsp3) is 0.727. The lowest BCUT2D eigenvalue weighted by Gasteiger charge is -2.27. The van der Waals surface area contributed by atoms with Crippen LogP contribution in [-0.4, -0.2) is 79.2 Å². The molecule has 0 aliphatic carbocycles. The van der Waals surface area contributed by atoms with Crippen LogP contribution >= 0.6 is 0 Å². The molecule has 1 saturated heterocycles. The summed E-state index contributed by atoms with van der Waals surface area (Å²) in [6.07, 6.45) is 0. The smallest absolute Gasteiger partial charge is 0.0701 e. The van der Waals surface area contributed by atoms with Crippen molar-refractivity contribution in [2.75, 3.05) is 84.1 Å². The van der Waals surface area contributed by atoms with Crippen molar-refractivity contribution in [1.82, 2.24) is 0 Å². The first-order valence-corrected chi connectivity index (χ1v) is 10.3. The van der Waals surface area contributed by atoms with Crippen LogP contribution < -0.4 is 4.90 Å². The van der Waals surface area contributed by atoms with Gasteiger partial charge in [0.15, 0.2) is 0 Å². The fourth-order valence-corrected chi connectivity index (χ4v) is 2.87. The van der Waals surface area contributed by atoms with E-state index in [1.807, 2.05) is 0 Å². The summed E-state index contributed by atoms with van der Waals surface area (Å²) in [5, 5.41) is 0. The van der Waals surface area contributed by atoms with Crippen molar-refractivity contribution in [3.8, 4) is 0 Å². The number of hydrogen-bond donors (Lipinski definition) is 0. The standard InChI is InChI=1S/C22H37NO5/c1-22(2,3)20-5-4-6-21(19-20)23-7-9-24-11-13-26-15-17-28-18-16-27-14-12-25-10-8-23/h4-6,19H,7-18H2,1-3H3. The zero-order chi connectivity index (χ0) is 20.1. The lowest BCUT2D eigenvalue weighted by Crippen LogP contribution is -2.32. The Balaban J connectivity index is 1.92. The summed E-state index contributed by atoms with van der Waals surface area (Å²) in [6.45, 7) is 14.3. The van der Waals surface area contributed by atoms with Gasteiger partial charge in [-0.2, -0.15) is 0 Å². The average molecular weight is 396 g/mol. The van der Waals surface area contributed by atoms with E-state index in [1.54, 1.807) is 0 Å². The van der Waals surface area contributed by atoms with Crippen LogP contribution in [0.2, 0.25) is 0 Å². The summed E-state index contributed by atoms with van der Waals surface area (Å²) < 4.78 is 28.0. The number of rotatable bonds is 1. The van der Waals surface area contributed by atoms with Crippen molar-refractivity contribution in [3.63, 3.8) is 0 Å². The molecule has 6 nitrogen and oxygen atoms in total. The summed E-state index contributed by atoms with van der Waals surface area (Å²) in [5.74, 6) is 0. The van der Waals surface area contributed by atoms with Gasteiger partial charge in [-0.1, -0.05) is 32.9 Å². The first-order valence-electron chi connectivity index (χ1n) is 10.3. The SMILES string of the molecule is CC(C)(C)c1cccc(N2CCOCCOCCOCCOCCOCC2)c1. The minimum Gasteiger partial charge on any atom is -0.377 e. The van der Waals surface area contributed by atoms with Crippen molar-refractivity contribution in [2.24, 2.45) is 0 Å². The van der Waals surface area contributed by atoms with Gasteiger partial charge in [-0.25, -0.2) is 0 Å². The number of nitrogens with zero attached hydrogens (tertiary/aromatic N) is 1. The fourth-order valence-electron chi connectivity index (χ4n) is 2.87. The third-order valence-electron chi connectivity index (χ3n) is 4.58. The summed E-state index contributed by atoms with van der Waals surface area (Å²) in [7, 11) is 0. The van der Waals surface area contributed by atoms with E-state index >= 15 is 0 Å². The molecule has 2 rings (SSSR count). The molecule has 28 heavy (non-hydrogen) atoms. The maximum absolute atomic E-state index is 5.76. The van der Waals surface area contributed by atoms with Crippen LogP contribution in [0.5, 0.6) is 0 Å². The van der Waals surface area contributed by atoms with Gasteiger partial charge < -0.3 is 28.6 Å². The molecule has 1 heterocycles. The molecule has 1 aromatic carbocycles. The van der Waals surface area contributed by atoms with Gasteiger partial charge in [-0.15, -0.1) is 0 Å². The molecule has 0 N–H and O–H groups in total. The molecule has 1 aliphatic heterocycles.